The Morgan fingerprint density at radius 3 is 2.31 bits per heavy atom. The van der Waals surface area contributed by atoms with E-state index < -0.39 is 12.0 Å². The van der Waals surface area contributed by atoms with Crippen LogP contribution in [-0.2, 0) is 16.1 Å². The zero-order valence-electron chi connectivity index (χ0n) is 22.7. The highest BCUT2D eigenvalue weighted by Gasteiger charge is 2.33. The fourth-order valence-electron chi connectivity index (χ4n) is 4.59. The van der Waals surface area contributed by atoms with Gasteiger partial charge in [0.05, 0.1) is 48.5 Å². The summed E-state index contributed by atoms with van der Waals surface area (Å²) in [6.07, 6.45) is 1.69. The maximum Gasteiger partial charge on any atom is 0.338 e. The van der Waals surface area contributed by atoms with Crippen LogP contribution in [0.1, 0.15) is 42.1 Å². The highest BCUT2D eigenvalue weighted by molar-refractivity contribution is 7.07. The van der Waals surface area contributed by atoms with Gasteiger partial charge < -0.3 is 9.47 Å². The average molecular weight is 662 g/mol. The molecule has 0 fully saturated rings. The second-order valence-corrected chi connectivity index (χ2v) is 12.2. The van der Waals surface area contributed by atoms with Crippen LogP contribution in [0.5, 0.6) is 5.75 Å². The van der Waals surface area contributed by atoms with E-state index in [-0.39, 0.29) is 28.8 Å². The van der Waals surface area contributed by atoms with Gasteiger partial charge in [-0.2, -0.15) is 0 Å². The molecular formula is C31H24Cl4N2O4S. The highest BCUT2D eigenvalue weighted by Crippen LogP contribution is 2.36. The van der Waals surface area contributed by atoms with Crippen LogP contribution in [0, 0.1) is 6.92 Å². The lowest BCUT2D eigenvalue weighted by Gasteiger charge is -2.24. The SMILES string of the molecule is CCOC(=O)C1=C(C)N=c2s/c(=C/c3cc(Cl)c(OCc4ccc(Cl)c(Cl)c4)c(Cl)c3)c(=O)n2[C@H]1c1ccc(C)cc1. The van der Waals surface area contributed by atoms with E-state index in [0.717, 1.165) is 16.7 Å². The number of benzene rings is 3. The van der Waals surface area contributed by atoms with Crippen LogP contribution in [0.2, 0.25) is 20.1 Å². The Kier molecular flexibility index (Phi) is 9.16. The molecule has 42 heavy (non-hydrogen) atoms. The van der Waals surface area contributed by atoms with E-state index in [1.165, 1.54) is 11.3 Å². The van der Waals surface area contributed by atoms with E-state index in [1.54, 1.807) is 54.8 Å². The predicted octanol–water partition coefficient (Wildman–Crippen LogP) is 7.30. The molecule has 0 bridgehead atoms. The van der Waals surface area contributed by atoms with Crippen LogP contribution in [0.3, 0.4) is 0 Å². The van der Waals surface area contributed by atoms with Gasteiger partial charge in [0.2, 0.25) is 0 Å². The Morgan fingerprint density at radius 2 is 1.67 bits per heavy atom. The largest absolute Gasteiger partial charge is 0.486 e. The van der Waals surface area contributed by atoms with Gasteiger partial charge in [-0.25, -0.2) is 9.79 Å². The van der Waals surface area contributed by atoms with Crippen molar-refractivity contribution in [1.82, 2.24) is 4.57 Å². The van der Waals surface area contributed by atoms with Gasteiger partial charge in [0.25, 0.3) is 5.56 Å². The van der Waals surface area contributed by atoms with Gasteiger partial charge in [-0.05, 0) is 67.8 Å². The quantitative estimate of drug-likeness (QED) is 0.195. The second kappa shape index (κ2) is 12.7. The molecule has 1 atom stereocenters. The third kappa shape index (κ3) is 6.17. The first-order valence-corrected chi connectivity index (χ1v) is 15.2. The molecule has 216 valence electrons. The van der Waals surface area contributed by atoms with E-state index >= 15 is 0 Å². The van der Waals surface area contributed by atoms with Gasteiger partial charge in [-0.3, -0.25) is 9.36 Å². The van der Waals surface area contributed by atoms with Crippen molar-refractivity contribution in [2.24, 2.45) is 4.99 Å². The van der Waals surface area contributed by atoms with Crippen molar-refractivity contribution in [3.05, 3.63) is 128 Å². The zero-order chi connectivity index (χ0) is 30.1. The van der Waals surface area contributed by atoms with Gasteiger partial charge in [0.15, 0.2) is 10.6 Å². The van der Waals surface area contributed by atoms with Crippen molar-refractivity contribution < 1.29 is 14.3 Å². The first kappa shape index (κ1) is 30.4. The smallest absolute Gasteiger partial charge is 0.338 e. The normalized spacial score (nSPS) is 14.9. The van der Waals surface area contributed by atoms with Gasteiger partial charge in [0.1, 0.15) is 6.61 Å². The Hall–Kier alpha value is -3.07. The number of thiazole rings is 1. The topological polar surface area (TPSA) is 69.9 Å². The molecule has 0 amide bonds. The molecule has 0 saturated heterocycles. The van der Waals surface area contributed by atoms with E-state index in [2.05, 4.69) is 4.99 Å². The molecule has 0 spiro atoms. The molecule has 1 aromatic heterocycles. The molecule has 1 aliphatic rings. The fraction of sp³-hybridized carbons (Fsp3) is 0.194. The number of hydrogen-bond acceptors (Lipinski definition) is 6. The maximum absolute atomic E-state index is 13.8. The summed E-state index contributed by atoms with van der Waals surface area (Å²) in [6.45, 7) is 5.85. The molecule has 0 aliphatic carbocycles. The number of allylic oxidation sites excluding steroid dienone is 1. The number of nitrogens with zero attached hydrogens (tertiary/aromatic N) is 2. The van der Waals surface area contributed by atoms with Crippen LogP contribution in [0.4, 0.5) is 0 Å². The molecular weight excluding hydrogens is 638 g/mol. The average Bonchev–Trinajstić information content (AvgIpc) is 3.24. The number of carbonyl (C=O) groups is 1. The van der Waals surface area contributed by atoms with Crippen molar-refractivity contribution in [1.29, 1.82) is 0 Å². The minimum atomic E-state index is -0.688. The summed E-state index contributed by atoms with van der Waals surface area (Å²) in [5.74, 6) is -0.203. The van der Waals surface area contributed by atoms with Gasteiger partial charge in [-0.15, -0.1) is 0 Å². The predicted molar refractivity (Wildman–Crippen MR) is 169 cm³/mol. The minimum Gasteiger partial charge on any atom is -0.486 e. The van der Waals surface area contributed by atoms with E-state index in [0.29, 0.717) is 42.0 Å². The fourth-order valence-corrected chi connectivity index (χ4v) is 6.57. The zero-order valence-corrected chi connectivity index (χ0v) is 26.6. The van der Waals surface area contributed by atoms with Gasteiger partial charge >= 0.3 is 5.97 Å². The standard InChI is InChI=1S/C31H24Cl4N2O4S/c1-4-40-30(39)26-17(3)36-31-37(27(26)20-8-5-16(2)6-9-20)29(38)25(42-31)14-19-12-23(34)28(24(35)13-19)41-15-18-7-10-21(32)22(33)11-18/h5-14,27H,4,15H2,1-3H3/b25-14+/t27-/m0/s1. The van der Waals surface area contributed by atoms with E-state index in [1.807, 2.05) is 31.2 Å². The maximum atomic E-state index is 13.8. The molecule has 5 rings (SSSR count). The summed E-state index contributed by atoms with van der Waals surface area (Å²) < 4.78 is 13.2. The van der Waals surface area contributed by atoms with Crippen molar-refractivity contribution in [3.8, 4) is 5.75 Å². The van der Waals surface area contributed by atoms with Crippen LogP contribution in [0.25, 0.3) is 6.08 Å². The van der Waals surface area contributed by atoms with Gasteiger partial charge in [-0.1, -0.05) is 93.6 Å². The molecule has 0 saturated carbocycles. The number of halogens is 4. The molecule has 1 aliphatic heterocycles. The molecule has 2 heterocycles. The van der Waals surface area contributed by atoms with Crippen LogP contribution < -0.4 is 19.6 Å². The van der Waals surface area contributed by atoms with E-state index in [4.69, 9.17) is 55.9 Å². The number of carbonyl (C=O) groups excluding carboxylic acids is 1. The number of esters is 1. The second-order valence-electron chi connectivity index (χ2n) is 9.56. The molecule has 0 N–H and O–H groups in total. The Morgan fingerprint density at radius 1 is 0.976 bits per heavy atom. The lowest BCUT2D eigenvalue weighted by Crippen LogP contribution is -2.39. The highest BCUT2D eigenvalue weighted by atomic mass is 35.5. The number of rotatable bonds is 7. The minimum absolute atomic E-state index is 0.176. The summed E-state index contributed by atoms with van der Waals surface area (Å²) in [6, 6.07) is 15.5. The monoisotopic (exact) mass is 660 g/mol. The van der Waals surface area contributed by atoms with Gasteiger partial charge in [0, 0.05) is 0 Å². The molecule has 3 aromatic carbocycles. The summed E-state index contributed by atoms with van der Waals surface area (Å²) in [5, 5.41) is 1.42. The Balaban J connectivity index is 1.54. The summed E-state index contributed by atoms with van der Waals surface area (Å²) in [7, 11) is 0. The third-order valence-electron chi connectivity index (χ3n) is 6.60. The van der Waals surface area contributed by atoms with E-state index in [9.17, 15) is 9.59 Å². The Bertz CT molecular complexity index is 1890. The number of aryl methyl sites for hydroxylation is 1. The summed E-state index contributed by atoms with van der Waals surface area (Å²) in [5.41, 5.74) is 3.76. The van der Waals surface area contributed by atoms with Crippen molar-refractivity contribution in [2.45, 2.75) is 33.4 Å². The molecule has 4 aromatic rings. The lowest BCUT2D eigenvalue weighted by molar-refractivity contribution is -0.139. The van der Waals surface area contributed by atoms with Crippen LogP contribution in [0.15, 0.2) is 75.7 Å². The summed E-state index contributed by atoms with van der Waals surface area (Å²) in [4.78, 5) is 32.0. The van der Waals surface area contributed by atoms with Crippen molar-refractivity contribution in [2.75, 3.05) is 6.61 Å². The van der Waals surface area contributed by atoms with Crippen molar-refractivity contribution in [3.63, 3.8) is 0 Å². The van der Waals surface area contributed by atoms with Crippen molar-refractivity contribution >= 4 is 69.8 Å². The molecule has 0 unspecified atom stereocenters. The molecule has 6 nitrogen and oxygen atoms in total. The lowest BCUT2D eigenvalue weighted by atomic mass is 9.95. The third-order valence-corrected chi connectivity index (χ3v) is 8.88. The number of ether oxygens (including phenoxy) is 2. The van der Waals surface area contributed by atoms with Crippen LogP contribution >= 0.6 is 57.7 Å². The number of fused-ring (bicyclic) bond motifs is 1. The first-order valence-electron chi connectivity index (χ1n) is 12.9. The summed E-state index contributed by atoms with van der Waals surface area (Å²) >= 11 is 26.4. The first-order chi connectivity index (χ1) is 20.1. The Labute approximate surface area is 266 Å². The molecule has 0 radical (unpaired) electrons. The van der Waals surface area contributed by atoms with Crippen LogP contribution in [-0.4, -0.2) is 17.1 Å². The number of hydrogen-bond donors (Lipinski definition) is 0. The number of aromatic nitrogens is 1. The molecule has 11 heteroatoms.